The first-order valence-electron chi connectivity index (χ1n) is 17.0. The molecule has 0 bridgehead atoms. The topological polar surface area (TPSA) is 163 Å². The molecule has 4 unspecified atom stereocenters. The van der Waals surface area contributed by atoms with Gasteiger partial charge in [0.05, 0.1) is 19.3 Å². The van der Waals surface area contributed by atoms with Crippen LogP contribution in [0.1, 0.15) is 51.7 Å². The third-order valence-electron chi connectivity index (χ3n) is 8.39. The molecule has 2 aromatic rings. The van der Waals surface area contributed by atoms with Gasteiger partial charge in [-0.05, 0) is 69.0 Å². The Morgan fingerprint density at radius 1 is 0.765 bits per heavy atom. The summed E-state index contributed by atoms with van der Waals surface area (Å²) < 4.78 is 37.9. The van der Waals surface area contributed by atoms with E-state index in [9.17, 15) is 24.6 Å². The molecular weight excluding hydrogens is 660 g/mol. The van der Waals surface area contributed by atoms with Gasteiger partial charge in [0.25, 0.3) is 0 Å². The summed E-state index contributed by atoms with van der Waals surface area (Å²) in [5.41, 5.74) is 2.66. The number of epoxide rings is 2. The Kier molecular flexibility index (Phi) is 14.8. The summed E-state index contributed by atoms with van der Waals surface area (Å²) in [6.07, 6.45) is 4.66. The van der Waals surface area contributed by atoms with E-state index in [4.69, 9.17) is 33.2 Å². The quantitative estimate of drug-likeness (QED) is 0.0826. The average Bonchev–Trinajstić information content (AvgIpc) is 4.07. The molecule has 0 radical (unpaired) electrons. The van der Waals surface area contributed by atoms with E-state index >= 15 is 0 Å². The number of aliphatic hydroxyl groups is 2. The van der Waals surface area contributed by atoms with E-state index in [-0.39, 0.29) is 51.2 Å². The molecule has 0 saturated carbocycles. The Bertz CT molecular complexity index is 1450. The first kappa shape index (κ1) is 39.3. The number of ether oxygens (including phenoxy) is 7. The van der Waals surface area contributed by atoms with Gasteiger partial charge in [-0.25, -0.2) is 14.4 Å². The van der Waals surface area contributed by atoms with Crippen molar-refractivity contribution in [2.24, 2.45) is 0 Å². The number of hydrogen-bond acceptors (Lipinski definition) is 12. The van der Waals surface area contributed by atoms with Crippen LogP contribution in [0.25, 0.3) is 0 Å². The van der Waals surface area contributed by atoms with Crippen LogP contribution in [0.5, 0.6) is 11.5 Å². The molecule has 4 atom stereocenters. The van der Waals surface area contributed by atoms with E-state index in [1.165, 1.54) is 12.2 Å². The molecule has 4 rings (SSSR count). The van der Waals surface area contributed by atoms with Crippen LogP contribution in [0.4, 0.5) is 0 Å². The van der Waals surface area contributed by atoms with Crippen LogP contribution in [0, 0.1) is 0 Å². The molecule has 2 N–H and O–H groups in total. The number of hydrogen-bond donors (Lipinski definition) is 2. The van der Waals surface area contributed by atoms with Crippen molar-refractivity contribution in [1.29, 1.82) is 0 Å². The van der Waals surface area contributed by atoms with Gasteiger partial charge in [-0.1, -0.05) is 48.9 Å². The molecule has 2 aliphatic heterocycles. The molecule has 2 saturated heterocycles. The molecule has 2 aliphatic rings. The molecule has 2 aromatic carbocycles. The first-order valence-corrected chi connectivity index (χ1v) is 17.0. The second-order valence-corrected chi connectivity index (χ2v) is 12.7. The SMILES string of the molecule is CC=CC(=O)OCC(O)COc1ccc(C(C)(CC(CC2CO2)=C(C)C(=O)OCC2CO2)c2ccc(OCC(O)COC(=O)C=CC)cc2)cc1. The maximum absolute atomic E-state index is 13.1. The third kappa shape index (κ3) is 13.0. The number of esters is 3. The number of carbonyl (C=O) groups excluding carboxylic acids is 3. The van der Waals surface area contributed by atoms with Crippen molar-refractivity contribution < 1.29 is 57.8 Å². The van der Waals surface area contributed by atoms with Gasteiger partial charge in [0.15, 0.2) is 0 Å². The summed E-state index contributed by atoms with van der Waals surface area (Å²) in [4.78, 5) is 36.3. The van der Waals surface area contributed by atoms with Gasteiger partial charge in [0.1, 0.15) is 62.8 Å². The number of aliphatic hydroxyl groups excluding tert-OH is 2. The molecular formula is C39H48O12. The van der Waals surface area contributed by atoms with Crippen molar-refractivity contribution in [1.82, 2.24) is 0 Å². The van der Waals surface area contributed by atoms with Crippen LogP contribution in [0.2, 0.25) is 0 Å². The van der Waals surface area contributed by atoms with Gasteiger partial charge in [-0.3, -0.25) is 0 Å². The summed E-state index contributed by atoms with van der Waals surface area (Å²) in [6.45, 7) is 8.15. The Morgan fingerprint density at radius 2 is 1.22 bits per heavy atom. The maximum atomic E-state index is 13.1. The van der Waals surface area contributed by atoms with Gasteiger partial charge >= 0.3 is 17.9 Å². The van der Waals surface area contributed by atoms with E-state index < -0.39 is 29.6 Å². The Morgan fingerprint density at radius 3 is 1.63 bits per heavy atom. The van der Waals surface area contributed by atoms with E-state index in [1.54, 1.807) is 57.2 Å². The number of carbonyl (C=O) groups is 3. The standard InChI is InChI=1S/C39H48O12/c1-5-7-36(42)49-21-30(40)19-45-32-13-9-28(10-14-32)39(4,18-27(17-34-23-47-34)26(3)38(44)51-25-35-24-48-35)29-11-15-33(16-12-29)46-20-31(41)22-50-37(43)8-6-2/h5-16,30-31,34-35,40-41H,17-25H2,1-4H3. The fourth-order valence-corrected chi connectivity index (χ4v) is 5.25. The van der Waals surface area contributed by atoms with Gasteiger partial charge < -0.3 is 43.4 Å². The fraction of sp³-hybridized carbons (Fsp3) is 0.462. The van der Waals surface area contributed by atoms with Crippen LogP contribution < -0.4 is 9.47 Å². The Balaban J connectivity index is 1.53. The second-order valence-electron chi connectivity index (χ2n) is 12.7. The third-order valence-corrected chi connectivity index (χ3v) is 8.39. The van der Waals surface area contributed by atoms with Gasteiger partial charge in [0, 0.05) is 23.1 Å². The number of allylic oxidation sites excluding steroid dienone is 2. The molecule has 0 spiro atoms. The van der Waals surface area contributed by atoms with Crippen molar-refractivity contribution >= 4 is 17.9 Å². The zero-order valence-electron chi connectivity index (χ0n) is 29.6. The van der Waals surface area contributed by atoms with Gasteiger partial charge in [0.2, 0.25) is 0 Å². The van der Waals surface area contributed by atoms with Crippen LogP contribution in [0.15, 0.2) is 84.0 Å². The van der Waals surface area contributed by atoms with Crippen molar-refractivity contribution in [2.75, 3.05) is 46.2 Å². The zero-order chi connectivity index (χ0) is 36.8. The molecule has 0 amide bonds. The molecule has 0 aromatic heterocycles. The highest BCUT2D eigenvalue weighted by atomic mass is 16.6. The zero-order valence-corrected chi connectivity index (χ0v) is 29.6. The van der Waals surface area contributed by atoms with E-state index in [0.29, 0.717) is 43.1 Å². The van der Waals surface area contributed by atoms with Crippen molar-refractivity contribution in [3.63, 3.8) is 0 Å². The molecule has 2 fully saturated rings. The van der Waals surface area contributed by atoms with Crippen LogP contribution in [-0.4, -0.2) is 98.8 Å². The van der Waals surface area contributed by atoms with Crippen LogP contribution in [-0.2, 0) is 43.5 Å². The summed E-state index contributed by atoms with van der Waals surface area (Å²) in [5.74, 6) is -0.434. The molecule has 51 heavy (non-hydrogen) atoms. The smallest absolute Gasteiger partial charge is 0.333 e. The molecule has 12 heteroatoms. The van der Waals surface area contributed by atoms with Crippen LogP contribution >= 0.6 is 0 Å². The lowest BCUT2D eigenvalue weighted by atomic mass is 9.70. The highest BCUT2D eigenvalue weighted by Crippen LogP contribution is 2.42. The molecule has 12 nitrogen and oxygen atoms in total. The minimum atomic E-state index is -1.01. The normalized spacial score (nSPS) is 19.4. The molecule has 276 valence electrons. The Labute approximate surface area is 298 Å². The lowest BCUT2D eigenvalue weighted by molar-refractivity contribution is -0.142. The lowest BCUT2D eigenvalue weighted by Gasteiger charge is -2.33. The van der Waals surface area contributed by atoms with E-state index in [2.05, 4.69) is 6.92 Å². The second kappa shape index (κ2) is 19.2. The summed E-state index contributed by atoms with van der Waals surface area (Å²) in [7, 11) is 0. The first-order chi connectivity index (χ1) is 24.5. The van der Waals surface area contributed by atoms with Gasteiger partial charge in [-0.2, -0.15) is 0 Å². The van der Waals surface area contributed by atoms with E-state index in [1.807, 2.05) is 24.3 Å². The number of benzene rings is 2. The van der Waals surface area contributed by atoms with E-state index in [0.717, 1.165) is 16.7 Å². The average molecular weight is 709 g/mol. The van der Waals surface area contributed by atoms with Gasteiger partial charge in [-0.15, -0.1) is 0 Å². The fourth-order valence-electron chi connectivity index (χ4n) is 5.25. The summed E-state index contributed by atoms with van der Waals surface area (Å²) >= 11 is 0. The summed E-state index contributed by atoms with van der Waals surface area (Å²) in [5, 5.41) is 20.5. The monoisotopic (exact) mass is 708 g/mol. The maximum Gasteiger partial charge on any atom is 0.333 e. The molecule has 2 heterocycles. The van der Waals surface area contributed by atoms with Crippen LogP contribution in [0.3, 0.4) is 0 Å². The number of rotatable bonds is 21. The minimum Gasteiger partial charge on any atom is -0.491 e. The highest BCUT2D eigenvalue weighted by molar-refractivity contribution is 5.89. The lowest BCUT2D eigenvalue weighted by Crippen LogP contribution is -2.27. The Hall–Kier alpha value is -4.49. The largest absolute Gasteiger partial charge is 0.491 e. The van der Waals surface area contributed by atoms with Crippen molar-refractivity contribution in [3.8, 4) is 11.5 Å². The highest BCUT2D eigenvalue weighted by Gasteiger charge is 2.35. The summed E-state index contributed by atoms with van der Waals surface area (Å²) in [6, 6.07) is 15.0. The predicted molar refractivity (Wildman–Crippen MR) is 186 cm³/mol. The minimum absolute atomic E-state index is 0.0257. The predicted octanol–water partition coefficient (Wildman–Crippen LogP) is 4.15. The molecule has 0 aliphatic carbocycles. The van der Waals surface area contributed by atoms with Crippen molar-refractivity contribution in [3.05, 3.63) is 95.1 Å². The van der Waals surface area contributed by atoms with Crippen molar-refractivity contribution in [2.45, 2.75) is 70.4 Å².